The van der Waals surface area contributed by atoms with Gasteiger partial charge in [0.2, 0.25) is 0 Å². The molecule has 1 aromatic heterocycles. The van der Waals surface area contributed by atoms with Crippen molar-refractivity contribution < 1.29 is 0 Å². The molecular formula is C9H18N4S. The molecule has 14 heavy (non-hydrogen) atoms. The summed E-state index contributed by atoms with van der Waals surface area (Å²) in [6.07, 6.45) is 0. The lowest BCUT2D eigenvalue weighted by molar-refractivity contribution is 0.373. The van der Waals surface area contributed by atoms with Crippen molar-refractivity contribution in [1.29, 1.82) is 0 Å². The SMILES string of the molecule is CCSc1cc(N)n(CCN(C)C)n1. The Bertz CT molecular complexity index is 282. The fourth-order valence-corrected chi connectivity index (χ4v) is 1.75. The number of anilines is 1. The number of nitrogens with zero attached hydrogens (tertiary/aromatic N) is 3. The minimum atomic E-state index is 0.753. The maximum absolute atomic E-state index is 5.83. The highest BCUT2D eigenvalue weighted by atomic mass is 32.2. The van der Waals surface area contributed by atoms with Crippen LogP contribution in [0.2, 0.25) is 0 Å². The number of likely N-dealkylation sites (N-methyl/N-ethyl adjacent to an activating group) is 1. The third-order valence-electron chi connectivity index (χ3n) is 1.84. The van der Waals surface area contributed by atoms with E-state index in [4.69, 9.17) is 5.73 Å². The van der Waals surface area contributed by atoms with Crippen LogP contribution >= 0.6 is 11.8 Å². The zero-order chi connectivity index (χ0) is 10.6. The molecule has 0 amide bonds. The average molecular weight is 214 g/mol. The molecule has 0 atom stereocenters. The molecule has 4 nitrogen and oxygen atoms in total. The van der Waals surface area contributed by atoms with Crippen molar-refractivity contribution in [3.63, 3.8) is 0 Å². The van der Waals surface area contributed by atoms with E-state index in [0.717, 1.165) is 29.7 Å². The summed E-state index contributed by atoms with van der Waals surface area (Å²) in [5, 5.41) is 5.42. The summed E-state index contributed by atoms with van der Waals surface area (Å²) >= 11 is 1.72. The summed E-state index contributed by atoms with van der Waals surface area (Å²) in [6, 6.07) is 1.93. The molecular weight excluding hydrogens is 196 g/mol. The largest absolute Gasteiger partial charge is 0.384 e. The first kappa shape index (κ1) is 11.4. The van der Waals surface area contributed by atoms with Crippen LogP contribution < -0.4 is 5.73 Å². The van der Waals surface area contributed by atoms with Crippen molar-refractivity contribution in [2.24, 2.45) is 0 Å². The monoisotopic (exact) mass is 214 g/mol. The average Bonchev–Trinajstić information content (AvgIpc) is 2.44. The Labute approximate surface area is 89.5 Å². The highest BCUT2D eigenvalue weighted by Crippen LogP contribution is 2.18. The first-order valence-electron chi connectivity index (χ1n) is 4.74. The van der Waals surface area contributed by atoms with Crippen LogP contribution in [0.3, 0.4) is 0 Å². The van der Waals surface area contributed by atoms with Crippen molar-refractivity contribution in [3.05, 3.63) is 6.07 Å². The van der Waals surface area contributed by atoms with Crippen molar-refractivity contribution in [2.45, 2.75) is 18.5 Å². The molecule has 5 heteroatoms. The van der Waals surface area contributed by atoms with Gasteiger partial charge in [-0.2, -0.15) is 5.10 Å². The maximum Gasteiger partial charge on any atom is 0.122 e. The van der Waals surface area contributed by atoms with Crippen LogP contribution in [0.15, 0.2) is 11.1 Å². The fourth-order valence-electron chi connectivity index (χ4n) is 1.10. The highest BCUT2D eigenvalue weighted by Gasteiger charge is 2.04. The van der Waals surface area contributed by atoms with Crippen LogP contribution in [0.4, 0.5) is 5.82 Å². The topological polar surface area (TPSA) is 47.1 Å². The van der Waals surface area contributed by atoms with Gasteiger partial charge in [-0.05, 0) is 19.8 Å². The summed E-state index contributed by atoms with van der Waals surface area (Å²) in [4.78, 5) is 2.12. The third-order valence-corrected chi connectivity index (χ3v) is 2.62. The number of nitrogens with two attached hydrogens (primary N) is 1. The normalized spacial score (nSPS) is 11.1. The summed E-state index contributed by atoms with van der Waals surface area (Å²) < 4.78 is 1.86. The van der Waals surface area contributed by atoms with Gasteiger partial charge in [-0.25, -0.2) is 4.68 Å². The van der Waals surface area contributed by atoms with E-state index in [1.165, 1.54) is 0 Å². The van der Waals surface area contributed by atoms with Gasteiger partial charge in [-0.15, -0.1) is 11.8 Å². The molecule has 0 aliphatic carbocycles. The molecule has 0 aromatic carbocycles. The maximum atomic E-state index is 5.83. The van der Waals surface area contributed by atoms with E-state index in [0.29, 0.717) is 0 Å². The summed E-state index contributed by atoms with van der Waals surface area (Å²) in [5.41, 5.74) is 5.83. The zero-order valence-electron chi connectivity index (χ0n) is 9.03. The van der Waals surface area contributed by atoms with E-state index in [9.17, 15) is 0 Å². The van der Waals surface area contributed by atoms with Gasteiger partial charge >= 0.3 is 0 Å². The van der Waals surface area contributed by atoms with Gasteiger partial charge in [0.25, 0.3) is 0 Å². The Morgan fingerprint density at radius 2 is 2.29 bits per heavy atom. The number of hydrogen-bond donors (Lipinski definition) is 1. The Hall–Kier alpha value is -0.680. The Morgan fingerprint density at radius 3 is 2.86 bits per heavy atom. The smallest absolute Gasteiger partial charge is 0.122 e. The highest BCUT2D eigenvalue weighted by molar-refractivity contribution is 7.99. The summed E-state index contributed by atoms with van der Waals surface area (Å²) in [5.74, 6) is 1.78. The van der Waals surface area contributed by atoms with Crippen LogP contribution in [0.5, 0.6) is 0 Å². The van der Waals surface area contributed by atoms with E-state index >= 15 is 0 Å². The lowest BCUT2D eigenvalue weighted by Crippen LogP contribution is -2.19. The van der Waals surface area contributed by atoms with E-state index in [1.54, 1.807) is 11.8 Å². The van der Waals surface area contributed by atoms with Crippen molar-refractivity contribution in [1.82, 2.24) is 14.7 Å². The third kappa shape index (κ3) is 3.23. The van der Waals surface area contributed by atoms with Crippen LogP contribution in [0.25, 0.3) is 0 Å². The number of rotatable bonds is 5. The predicted molar refractivity (Wildman–Crippen MR) is 61.6 cm³/mol. The molecule has 80 valence electrons. The molecule has 0 bridgehead atoms. The second-order valence-electron chi connectivity index (χ2n) is 3.37. The minimum absolute atomic E-state index is 0.753. The van der Waals surface area contributed by atoms with Gasteiger partial charge in [0.15, 0.2) is 0 Å². The molecule has 0 saturated carbocycles. The van der Waals surface area contributed by atoms with E-state index in [2.05, 4.69) is 16.9 Å². The molecule has 0 spiro atoms. The molecule has 1 aromatic rings. The lowest BCUT2D eigenvalue weighted by Gasteiger charge is -2.09. The standard InChI is InChI=1S/C9H18N4S/c1-4-14-9-7-8(10)13(11-9)6-5-12(2)3/h7H,4-6,10H2,1-3H3. The number of hydrogen-bond acceptors (Lipinski definition) is 4. The van der Waals surface area contributed by atoms with Crippen LogP contribution in [0.1, 0.15) is 6.92 Å². The van der Waals surface area contributed by atoms with E-state index in [-0.39, 0.29) is 0 Å². The van der Waals surface area contributed by atoms with Gasteiger partial charge < -0.3 is 10.6 Å². The van der Waals surface area contributed by atoms with Crippen molar-refractivity contribution in [3.8, 4) is 0 Å². The molecule has 0 radical (unpaired) electrons. The quantitative estimate of drug-likeness (QED) is 0.747. The predicted octanol–water partition coefficient (Wildman–Crippen LogP) is 1.14. The molecule has 0 saturated heterocycles. The lowest BCUT2D eigenvalue weighted by atomic mass is 10.5. The molecule has 0 aliphatic rings. The van der Waals surface area contributed by atoms with Gasteiger partial charge in [-0.1, -0.05) is 6.92 Å². The number of nitrogen functional groups attached to an aromatic ring is 1. The summed E-state index contributed by atoms with van der Waals surface area (Å²) in [7, 11) is 4.09. The molecule has 0 fully saturated rings. The molecule has 2 N–H and O–H groups in total. The van der Waals surface area contributed by atoms with E-state index in [1.807, 2.05) is 24.8 Å². The first-order valence-corrected chi connectivity index (χ1v) is 5.73. The van der Waals surface area contributed by atoms with Gasteiger partial charge in [0, 0.05) is 12.6 Å². The first-order chi connectivity index (χ1) is 6.63. The zero-order valence-corrected chi connectivity index (χ0v) is 9.84. The van der Waals surface area contributed by atoms with E-state index < -0.39 is 0 Å². The Morgan fingerprint density at radius 1 is 1.57 bits per heavy atom. The van der Waals surface area contributed by atoms with Crippen LogP contribution in [-0.2, 0) is 6.54 Å². The van der Waals surface area contributed by atoms with Gasteiger partial charge in [0.05, 0.1) is 6.54 Å². The van der Waals surface area contributed by atoms with Crippen molar-refractivity contribution in [2.75, 3.05) is 32.1 Å². The number of aromatic nitrogens is 2. The molecule has 1 rings (SSSR count). The van der Waals surface area contributed by atoms with Gasteiger partial charge in [-0.3, -0.25) is 0 Å². The molecule has 0 aliphatic heterocycles. The fraction of sp³-hybridized carbons (Fsp3) is 0.667. The van der Waals surface area contributed by atoms with Crippen LogP contribution in [0, 0.1) is 0 Å². The summed E-state index contributed by atoms with van der Waals surface area (Å²) in [6.45, 7) is 3.92. The second kappa shape index (κ2) is 5.26. The van der Waals surface area contributed by atoms with Crippen molar-refractivity contribution >= 4 is 17.6 Å². The minimum Gasteiger partial charge on any atom is -0.384 e. The van der Waals surface area contributed by atoms with Crippen LogP contribution in [-0.4, -0.2) is 41.1 Å². The molecule has 0 unspecified atom stereocenters. The molecule has 1 heterocycles. The Balaban J connectivity index is 2.58. The number of thioether (sulfide) groups is 1. The van der Waals surface area contributed by atoms with Gasteiger partial charge in [0.1, 0.15) is 10.8 Å². The Kier molecular flexibility index (Phi) is 4.28. The second-order valence-corrected chi connectivity index (χ2v) is 4.65.